The summed E-state index contributed by atoms with van der Waals surface area (Å²) in [7, 11) is 1.31. The zero-order valence-electron chi connectivity index (χ0n) is 18.0. The summed E-state index contributed by atoms with van der Waals surface area (Å²) < 4.78 is 58.1. The number of hydrogen-bond donors (Lipinski definition) is 0. The molecule has 0 unspecified atom stereocenters. The lowest BCUT2D eigenvalue weighted by Gasteiger charge is -2.08. The van der Waals surface area contributed by atoms with Gasteiger partial charge in [-0.1, -0.05) is 0 Å². The molecule has 0 saturated carbocycles. The summed E-state index contributed by atoms with van der Waals surface area (Å²) in [5.41, 5.74) is 0. The SMILES string of the molecule is COC(=O)COCCOCCOCCOCCOCCOCCOCCOCCF. The molecule has 0 amide bonds. The molecule has 0 aromatic heterocycles. The van der Waals surface area contributed by atoms with Crippen LogP contribution in [0.4, 0.5) is 4.39 Å². The first-order chi connectivity index (χ1) is 14.8. The second-order valence-corrected chi connectivity index (χ2v) is 5.60. The molecule has 0 saturated heterocycles. The Balaban J connectivity index is 3.01. The molecule has 0 bridgehead atoms. The molecular weight excluding hydrogens is 407 g/mol. The number of carbonyl (C=O) groups is 1. The van der Waals surface area contributed by atoms with E-state index in [0.29, 0.717) is 92.5 Å². The summed E-state index contributed by atoms with van der Waals surface area (Å²) >= 11 is 0. The normalized spacial score (nSPS) is 11.1. The molecule has 0 aromatic carbocycles. The Bertz CT molecular complexity index is 349. The van der Waals surface area contributed by atoms with Crippen molar-refractivity contribution in [2.75, 3.05) is 119 Å². The van der Waals surface area contributed by atoms with Gasteiger partial charge in [-0.2, -0.15) is 0 Å². The average Bonchev–Trinajstić information content (AvgIpc) is 2.76. The standard InChI is InChI=1S/C19H37FO10/c1-22-19(21)18-30-17-16-29-15-14-28-13-12-27-11-10-26-9-8-25-7-6-24-5-4-23-3-2-20/h2-18H2,1H3. The van der Waals surface area contributed by atoms with Gasteiger partial charge in [0.05, 0.1) is 106 Å². The number of methoxy groups -OCH3 is 1. The van der Waals surface area contributed by atoms with Crippen LogP contribution in [0.1, 0.15) is 0 Å². The second-order valence-electron chi connectivity index (χ2n) is 5.60. The van der Waals surface area contributed by atoms with Crippen molar-refractivity contribution in [1.29, 1.82) is 0 Å². The zero-order chi connectivity index (χ0) is 22.0. The van der Waals surface area contributed by atoms with Gasteiger partial charge in [-0.05, 0) is 0 Å². The summed E-state index contributed by atoms with van der Waals surface area (Å²) in [6.07, 6.45) is 0. The molecule has 0 aliphatic heterocycles. The van der Waals surface area contributed by atoms with Gasteiger partial charge >= 0.3 is 5.97 Å². The smallest absolute Gasteiger partial charge is 0.331 e. The fraction of sp³-hybridized carbons (Fsp3) is 0.947. The highest BCUT2D eigenvalue weighted by molar-refractivity contribution is 5.70. The zero-order valence-corrected chi connectivity index (χ0v) is 18.0. The minimum atomic E-state index is -0.476. The lowest BCUT2D eigenvalue weighted by molar-refractivity contribution is -0.146. The van der Waals surface area contributed by atoms with Gasteiger partial charge in [-0.25, -0.2) is 9.18 Å². The van der Waals surface area contributed by atoms with Crippen LogP contribution in [0, 0.1) is 0 Å². The number of carbonyl (C=O) groups excluding carboxylic acids is 1. The van der Waals surface area contributed by atoms with Gasteiger partial charge in [0, 0.05) is 0 Å². The molecule has 10 nitrogen and oxygen atoms in total. The van der Waals surface area contributed by atoms with Crippen molar-refractivity contribution in [3.63, 3.8) is 0 Å². The van der Waals surface area contributed by atoms with Crippen LogP contribution in [0.5, 0.6) is 0 Å². The first kappa shape index (κ1) is 29.1. The molecular formula is C19H37FO10. The quantitative estimate of drug-likeness (QED) is 0.144. The number of esters is 1. The Labute approximate surface area is 178 Å². The lowest BCUT2D eigenvalue weighted by atomic mass is 10.6. The Morgan fingerprint density at radius 2 is 0.767 bits per heavy atom. The number of hydrogen-bond acceptors (Lipinski definition) is 10. The van der Waals surface area contributed by atoms with E-state index in [1.165, 1.54) is 7.11 Å². The molecule has 11 heteroatoms. The lowest BCUT2D eigenvalue weighted by Crippen LogP contribution is -2.16. The summed E-state index contributed by atoms with van der Waals surface area (Å²) in [6, 6.07) is 0. The van der Waals surface area contributed by atoms with Crippen LogP contribution in [-0.4, -0.2) is 125 Å². The van der Waals surface area contributed by atoms with E-state index < -0.39 is 12.6 Å². The number of alkyl halides is 1. The van der Waals surface area contributed by atoms with Crippen LogP contribution in [0.15, 0.2) is 0 Å². The van der Waals surface area contributed by atoms with Crippen molar-refractivity contribution < 1.29 is 51.8 Å². The molecule has 0 aromatic rings. The van der Waals surface area contributed by atoms with Crippen LogP contribution in [0.25, 0.3) is 0 Å². The van der Waals surface area contributed by atoms with Gasteiger partial charge < -0.3 is 42.6 Å². The van der Waals surface area contributed by atoms with Crippen LogP contribution < -0.4 is 0 Å². The van der Waals surface area contributed by atoms with Crippen molar-refractivity contribution in [2.24, 2.45) is 0 Å². The van der Waals surface area contributed by atoms with E-state index in [1.54, 1.807) is 0 Å². The minimum absolute atomic E-state index is 0.0695. The van der Waals surface area contributed by atoms with E-state index in [0.717, 1.165) is 0 Å². The molecule has 0 spiro atoms. The van der Waals surface area contributed by atoms with Gasteiger partial charge in [0.1, 0.15) is 13.3 Å². The Morgan fingerprint density at radius 1 is 0.500 bits per heavy atom. The second kappa shape index (κ2) is 26.1. The van der Waals surface area contributed by atoms with Crippen LogP contribution >= 0.6 is 0 Å². The van der Waals surface area contributed by atoms with Crippen molar-refractivity contribution in [1.82, 2.24) is 0 Å². The molecule has 0 aliphatic carbocycles. The Kier molecular flexibility index (Phi) is 25.3. The summed E-state index contributed by atoms with van der Waals surface area (Å²) in [5, 5.41) is 0. The number of ether oxygens (including phenoxy) is 9. The van der Waals surface area contributed by atoms with Gasteiger partial charge in [0.15, 0.2) is 0 Å². The third kappa shape index (κ3) is 25.1. The van der Waals surface area contributed by atoms with E-state index in [2.05, 4.69) is 4.74 Å². The van der Waals surface area contributed by atoms with Crippen molar-refractivity contribution in [2.45, 2.75) is 0 Å². The predicted octanol–water partition coefficient (Wildman–Crippen LogP) is 0.262. The maximum absolute atomic E-state index is 11.8. The van der Waals surface area contributed by atoms with Crippen molar-refractivity contribution in [3.05, 3.63) is 0 Å². The third-order valence-electron chi connectivity index (χ3n) is 3.27. The van der Waals surface area contributed by atoms with Crippen LogP contribution in [0.3, 0.4) is 0 Å². The number of halogens is 1. The third-order valence-corrected chi connectivity index (χ3v) is 3.27. The maximum Gasteiger partial charge on any atom is 0.331 e. The van der Waals surface area contributed by atoms with E-state index in [9.17, 15) is 9.18 Å². The molecule has 0 atom stereocenters. The van der Waals surface area contributed by atoms with Gasteiger partial charge in [-0.3, -0.25) is 0 Å². The Morgan fingerprint density at radius 3 is 1.03 bits per heavy atom. The molecule has 0 N–H and O–H groups in total. The van der Waals surface area contributed by atoms with Gasteiger partial charge in [0.2, 0.25) is 0 Å². The molecule has 0 heterocycles. The summed E-state index contributed by atoms with van der Waals surface area (Å²) in [4.78, 5) is 10.8. The van der Waals surface area contributed by atoms with Crippen molar-refractivity contribution >= 4 is 5.97 Å². The largest absolute Gasteiger partial charge is 0.467 e. The highest BCUT2D eigenvalue weighted by atomic mass is 19.1. The fourth-order valence-corrected chi connectivity index (χ4v) is 1.81. The van der Waals surface area contributed by atoms with Crippen LogP contribution in [0.2, 0.25) is 0 Å². The number of rotatable bonds is 25. The highest BCUT2D eigenvalue weighted by Crippen LogP contribution is 1.86. The molecule has 180 valence electrons. The average molecular weight is 444 g/mol. The highest BCUT2D eigenvalue weighted by Gasteiger charge is 1.99. The summed E-state index contributed by atoms with van der Waals surface area (Å²) in [6.45, 7) is 5.86. The van der Waals surface area contributed by atoms with E-state index in [-0.39, 0.29) is 13.2 Å². The molecule has 0 fully saturated rings. The topological polar surface area (TPSA) is 100 Å². The summed E-state index contributed by atoms with van der Waals surface area (Å²) in [5.74, 6) is -0.409. The van der Waals surface area contributed by atoms with Crippen LogP contribution in [-0.2, 0) is 47.4 Å². The van der Waals surface area contributed by atoms with Crippen molar-refractivity contribution in [3.8, 4) is 0 Å². The monoisotopic (exact) mass is 444 g/mol. The van der Waals surface area contributed by atoms with E-state index in [4.69, 9.17) is 37.9 Å². The molecule has 0 aliphatic rings. The molecule has 30 heavy (non-hydrogen) atoms. The molecule has 0 rings (SSSR count). The fourth-order valence-electron chi connectivity index (χ4n) is 1.81. The Hall–Kier alpha value is -0.920. The molecule has 0 radical (unpaired) electrons. The predicted molar refractivity (Wildman–Crippen MR) is 105 cm³/mol. The minimum Gasteiger partial charge on any atom is -0.467 e. The van der Waals surface area contributed by atoms with E-state index >= 15 is 0 Å². The first-order valence-electron chi connectivity index (χ1n) is 10.1. The van der Waals surface area contributed by atoms with Gasteiger partial charge in [-0.15, -0.1) is 0 Å². The van der Waals surface area contributed by atoms with Gasteiger partial charge in [0.25, 0.3) is 0 Å². The van der Waals surface area contributed by atoms with E-state index in [1.807, 2.05) is 0 Å². The maximum atomic E-state index is 11.8. The first-order valence-corrected chi connectivity index (χ1v) is 10.1.